The number of ether oxygens (including phenoxy) is 1. The monoisotopic (exact) mass is 276 g/mol. The molecule has 6 heteroatoms. The highest BCUT2D eigenvalue weighted by molar-refractivity contribution is 6.37. The lowest BCUT2D eigenvalue weighted by atomic mass is 9.95. The summed E-state index contributed by atoms with van der Waals surface area (Å²) in [7, 11) is 5.78. The van der Waals surface area contributed by atoms with E-state index in [1.54, 1.807) is 23.1 Å². The van der Waals surface area contributed by atoms with E-state index in [0.717, 1.165) is 5.84 Å². The van der Waals surface area contributed by atoms with Gasteiger partial charge in [-0.3, -0.25) is 14.7 Å². The number of carbonyl (C=O) groups excluding carboxylic acids is 1. The summed E-state index contributed by atoms with van der Waals surface area (Å²) in [6, 6.07) is 5.07. The molecule has 0 atom stereocenters. The van der Waals surface area contributed by atoms with Gasteiger partial charge in [0.1, 0.15) is 26.0 Å². The van der Waals surface area contributed by atoms with Crippen molar-refractivity contribution in [2.75, 3.05) is 19.7 Å². The topological polar surface area (TPSA) is 41.9 Å². The van der Waals surface area contributed by atoms with Crippen LogP contribution in [0.25, 0.3) is 0 Å². The molecule has 1 aromatic carbocycles. The molecule has 1 heterocycles. The van der Waals surface area contributed by atoms with E-state index in [4.69, 9.17) is 24.2 Å². The summed E-state index contributed by atoms with van der Waals surface area (Å²) in [6.07, 6.45) is 0.459. The molecule has 19 heavy (non-hydrogen) atoms. The second kappa shape index (κ2) is 6.11. The van der Waals surface area contributed by atoms with E-state index in [1.807, 2.05) is 6.92 Å². The van der Waals surface area contributed by atoms with Gasteiger partial charge in [0.25, 0.3) is 0 Å². The number of aliphatic imine (C=N–C) groups is 1. The molecule has 98 valence electrons. The zero-order chi connectivity index (χ0) is 13.8. The Kier molecular flexibility index (Phi) is 4.48. The van der Waals surface area contributed by atoms with E-state index in [2.05, 4.69) is 4.99 Å². The molecule has 0 saturated heterocycles. The fraction of sp³-hybridized carbons (Fsp3) is 0.385. The normalized spacial score (nSPS) is 15.4. The van der Waals surface area contributed by atoms with E-state index < -0.39 is 0 Å². The van der Waals surface area contributed by atoms with Crippen LogP contribution in [0, 0.1) is 0 Å². The molecule has 0 aliphatic carbocycles. The van der Waals surface area contributed by atoms with Crippen LogP contribution in [0.2, 0.25) is 5.02 Å². The number of rotatable bonds is 4. The van der Waals surface area contributed by atoms with Crippen LogP contribution in [0.15, 0.2) is 23.2 Å². The maximum Gasteiger partial charge on any atom is 0.229 e. The first-order valence-electron chi connectivity index (χ1n) is 6.07. The minimum absolute atomic E-state index is 0.0835. The van der Waals surface area contributed by atoms with Crippen molar-refractivity contribution in [2.45, 2.75) is 13.3 Å². The van der Waals surface area contributed by atoms with Crippen molar-refractivity contribution in [3.63, 3.8) is 0 Å². The molecule has 1 amide bonds. The van der Waals surface area contributed by atoms with Crippen molar-refractivity contribution >= 4 is 36.7 Å². The molecule has 1 aliphatic heterocycles. The van der Waals surface area contributed by atoms with Gasteiger partial charge in [0, 0.05) is 18.0 Å². The third-order valence-corrected chi connectivity index (χ3v) is 3.14. The van der Waals surface area contributed by atoms with Crippen molar-refractivity contribution in [2.24, 2.45) is 4.99 Å². The van der Waals surface area contributed by atoms with Gasteiger partial charge in [-0.05, 0) is 25.1 Å². The highest BCUT2D eigenvalue weighted by Crippen LogP contribution is 2.13. The van der Waals surface area contributed by atoms with Crippen molar-refractivity contribution in [1.29, 1.82) is 0 Å². The van der Waals surface area contributed by atoms with Crippen LogP contribution < -0.4 is 10.2 Å². The standard InChI is InChI=1S/C13H14BClN2O2/c1-9-16-5-4-13(18)17(9)6-7-19-12-3-2-10(15)8-11(12)14/h2-3,8H,4-7H2,1H3. The minimum Gasteiger partial charge on any atom is -0.492 e. The van der Waals surface area contributed by atoms with Gasteiger partial charge in [0.15, 0.2) is 0 Å². The van der Waals surface area contributed by atoms with Crippen LogP contribution in [-0.2, 0) is 4.79 Å². The molecule has 2 radical (unpaired) electrons. The summed E-state index contributed by atoms with van der Waals surface area (Å²) < 4.78 is 5.56. The third kappa shape index (κ3) is 3.50. The van der Waals surface area contributed by atoms with E-state index >= 15 is 0 Å². The molecular weight excluding hydrogens is 262 g/mol. The maximum absolute atomic E-state index is 11.7. The number of amidine groups is 1. The largest absolute Gasteiger partial charge is 0.492 e. The molecular formula is C13H14BClN2O2. The lowest BCUT2D eigenvalue weighted by Crippen LogP contribution is -2.41. The third-order valence-electron chi connectivity index (χ3n) is 2.90. The molecule has 0 saturated carbocycles. The summed E-state index contributed by atoms with van der Waals surface area (Å²) in [6.45, 7) is 3.24. The molecule has 4 nitrogen and oxygen atoms in total. The Labute approximate surface area is 118 Å². The van der Waals surface area contributed by atoms with Crippen molar-refractivity contribution < 1.29 is 9.53 Å². The second-order valence-electron chi connectivity index (χ2n) is 4.25. The Bertz CT molecular complexity index is 519. The number of benzene rings is 1. The summed E-state index contributed by atoms with van der Waals surface area (Å²) in [5, 5.41) is 0.569. The van der Waals surface area contributed by atoms with Gasteiger partial charge in [0.05, 0.1) is 6.54 Å². The first kappa shape index (κ1) is 13.9. The summed E-state index contributed by atoms with van der Waals surface area (Å²) in [4.78, 5) is 17.6. The summed E-state index contributed by atoms with van der Waals surface area (Å²) >= 11 is 5.81. The number of halogens is 1. The van der Waals surface area contributed by atoms with E-state index in [0.29, 0.717) is 42.4 Å². The summed E-state index contributed by atoms with van der Waals surface area (Å²) in [5.74, 6) is 1.40. The van der Waals surface area contributed by atoms with Gasteiger partial charge in [-0.25, -0.2) is 0 Å². The molecule has 0 bridgehead atoms. The Morgan fingerprint density at radius 3 is 3.00 bits per heavy atom. The summed E-state index contributed by atoms with van der Waals surface area (Å²) in [5.41, 5.74) is 0.489. The van der Waals surface area contributed by atoms with Gasteiger partial charge in [-0.2, -0.15) is 0 Å². The van der Waals surface area contributed by atoms with Crippen LogP contribution >= 0.6 is 11.6 Å². The van der Waals surface area contributed by atoms with Crippen LogP contribution in [0.5, 0.6) is 5.75 Å². The predicted molar refractivity (Wildman–Crippen MR) is 76.6 cm³/mol. The predicted octanol–water partition coefficient (Wildman–Crippen LogP) is 1.16. The first-order valence-corrected chi connectivity index (χ1v) is 6.45. The first-order chi connectivity index (χ1) is 9.08. The highest BCUT2D eigenvalue weighted by atomic mass is 35.5. The molecule has 0 fully saturated rings. The van der Waals surface area contributed by atoms with Gasteiger partial charge < -0.3 is 4.74 Å². The smallest absolute Gasteiger partial charge is 0.229 e. The fourth-order valence-electron chi connectivity index (χ4n) is 1.90. The lowest BCUT2D eigenvalue weighted by Gasteiger charge is -2.25. The van der Waals surface area contributed by atoms with E-state index in [-0.39, 0.29) is 5.91 Å². The Morgan fingerprint density at radius 2 is 2.32 bits per heavy atom. The number of hydrogen-bond donors (Lipinski definition) is 0. The van der Waals surface area contributed by atoms with Gasteiger partial charge in [0.2, 0.25) is 5.91 Å². The van der Waals surface area contributed by atoms with E-state index in [9.17, 15) is 4.79 Å². The minimum atomic E-state index is 0.0835. The van der Waals surface area contributed by atoms with Crippen molar-refractivity contribution in [1.82, 2.24) is 4.90 Å². The average Bonchev–Trinajstić information content (AvgIpc) is 2.35. The van der Waals surface area contributed by atoms with Crippen LogP contribution in [0.4, 0.5) is 0 Å². The number of amides is 1. The zero-order valence-corrected chi connectivity index (χ0v) is 11.5. The molecule has 2 rings (SSSR count). The molecule has 0 spiro atoms. The van der Waals surface area contributed by atoms with Crippen LogP contribution in [0.3, 0.4) is 0 Å². The Hall–Kier alpha value is -1.49. The average molecular weight is 277 g/mol. The fourth-order valence-corrected chi connectivity index (χ4v) is 2.08. The van der Waals surface area contributed by atoms with Gasteiger partial charge in [-0.1, -0.05) is 17.1 Å². The quantitative estimate of drug-likeness (QED) is 0.775. The second-order valence-corrected chi connectivity index (χ2v) is 4.69. The molecule has 0 N–H and O–H groups in total. The van der Waals surface area contributed by atoms with Gasteiger partial charge in [-0.15, -0.1) is 0 Å². The van der Waals surface area contributed by atoms with Crippen molar-refractivity contribution in [3.8, 4) is 5.75 Å². The van der Waals surface area contributed by atoms with Gasteiger partial charge >= 0.3 is 0 Å². The molecule has 1 aliphatic rings. The maximum atomic E-state index is 11.7. The molecule has 1 aromatic rings. The molecule has 0 aromatic heterocycles. The molecule has 0 unspecified atom stereocenters. The van der Waals surface area contributed by atoms with E-state index in [1.165, 1.54) is 0 Å². The number of nitrogens with zero attached hydrogens (tertiary/aromatic N) is 2. The SMILES string of the molecule is [B]c1cc(Cl)ccc1OCCN1C(=O)CCN=C1C. The Morgan fingerprint density at radius 1 is 1.53 bits per heavy atom. The Balaban J connectivity index is 1.91. The highest BCUT2D eigenvalue weighted by Gasteiger charge is 2.19. The zero-order valence-electron chi connectivity index (χ0n) is 10.7. The van der Waals surface area contributed by atoms with Crippen LogP contribution in [0.1, 0.15) is 13.3 Å². The van der Waals surface area contributed by atoms with Crippen molar-refractivity contribution in [3.05, 3.63) is 23.2 Å². The number of hydrogen-bond acceptors (Lipinski definition) is 3. The number of carbonyl (C=O) groups is 1. The van der Waals surface area contributed by atoms with Crippen LogP contribution in [-0.4, -0.2) is 44.2 Å². The lowest BCUT2D eigenvalue weighted by molar-refractivity contribution is -0.128.